The highest BCUT2D eigenvalue weighted by molar-refractivity contribution is 6.07. The topological polar surface area (TPSA) is 57.7 Å². The summed E-state index contributed by atoms with van der Waals surface area (Å²) in [6.07, 6.45) is 4.46. The van der Waals surface area contributed by atoms with Crippen LogP contribution in [-0.2, 0) is 4.74 Å². The van der Waals surface area contributed by atoms with E-state index in [-0.39, 0.29) is 5.91 Å². The van der Waals surface area contributed by atoms with Crippen LogP contribution in [0.3, 0.4) is 0 Å². The number of hydrogen-bond donors (Lipinski definition) is 1. The number of ether oxygens (including phenoxy) is 1. The number of aromatic nitrogens is 1. The minimum absolute atomic E-state index is 0.0329. The monoisotopic (exact) mass is 380 g/mol. The van der Waals surface area contributed by atoms with E-state index in [2.05, 4.69) is 15.1 Å². The van der Waals surface area contributed by atoms with Crippen LogP contribution >= 0.6 is 0 Å². The zero-order valence-corrected chi connectivity index (χ0v) is 16.3. The molecular weight excluding hydrogens is 352 g/mol. The van der Waals surface area contributed by atoms with Gasteiger partial charge in [0.05, 0.1) is 24.3 Å². The third-order valence-electron chi connectivity index (χ3n) is 6.21. The molecule has 1 aromatic carbocycles. The van der Waals surface area contributed by atoms with Crippen molar-refractivity contribution in [2.24, 2.45) is 0 Å². The van der Waals surface area contributed by atoms with Crippen molar-refractivity contribution in [1.82, 2.24) is 15.2 Å². The molecule has 2 aliphatic heterocycles. The van der Waals surface area contributed by atoms with E-state index in [1.165, 1.54) is 0 Å². The van der Waals surface area contributed by atoms with Crippen LogP contribution in [0.15, 0.2) is 30.3 Å². The Bertz CT molecular complexity index is 853. The van der Waals surface area contributed by atoms with E-state index in [0.29, 0.717) is 12.1 Å². The molecule has 0 atom stereocenters. The van der Waals surface area contributed by atoms with Crippen molar-refractivity contribution in [2.45, 2.75) is 37.8 Å². The molecular formula is C22H28N4O2. The van der Waals surface area contributed by atoms with Crippen LogP contribution < -0.4 is 10.2 Å². The largest absolute Gasteiger partial charge is 0.379 e. The number of pyridine rings is 1. The molecule has 0 radical (unpaired) electrons. The molecule has 3 fully saturated rings. The number of fused-ring (bicyclic) bond motifs is 1. The Morgan fingerprint density at radius 1 is 1.04 bits per heavy atom. The first kappa shape index (κ1) is 17.9. The number of rotatable bonds is 4. The number of carbonyl (C=O) groups is 1. The van der Waals surface area contributed by atoms with Gasteiger partial charge in [0.25, 0.3) is 5.91 Å². The molecule has 1 aliphatic carbocycles. The highest BCUT2D eigenvalue weighted by Crippen LogP contribution is 2.28. The third kappa shape index (κ3) is 3.71. The van der Waals surface area contributed by atoms with Gasteiger partial charge in [0, 0.05) is 43.6 Å². The number of morpholine rings is 1. The average molecular weight is 380 g/mol. The average Bonchev–Trinajstić information content (AvgIpc) is 3.57. The maximum absolute atomic E-state index is 12.8. The van der Waals surface area contributed by atoms with E-state index < -0.39 is 0 Å². The minimum Gasteiger partial charge on any atom is -0.379 e. The summed E-state index contributed by atoms with van der Waals surface area (Å²) in [7, 11) is 0. The molecule has 28 heavy (non-hydrogen) atoms. The maximum atomic E-state index is 12.8. The normalized spacial score (nSPS) is 21.8. The second-order valence-electron chi connectivity index (χ2n) is 8.16. The smallest absolute Gasteiger partial charge is 0.252 e. The molecule has 6 heteroatoms. The van der Waals surface area contributed by atoms with Gasteiger partial charge in [-0.25, -0.2) is 4.98 Å². The van der Waals surface area contributed by atoms with Crippen LogP contribution in [0.5, 0.6) is 0 Å². The molecule has 1 N–H and O–H groups in total. The number of anilines is 1. The zero-order chi connectivity index (χ0) is 18.9. The standard InChI is InChI=1S/C22H28N4O2/c27-22(23-16-5-6-16)19-15-21(24-20-4-2-1-3-18(19)20)26-9-7-17(8-10-26)25-11-13-28-14-12-25/h1-4,15-17H,5-14H2,(H,23,27). The first-order valence-electron chi connectivity index (χ1n) is 10.6. The van der Waals surface area contributed by atoms with Crippen molar-refractivity contribution in [3.05, 3.63) is 35.9 Å². The molecule has 0 spiro atoms. The lowest BCUT2D eigenvalue weighted by atomic mass is 10.0. The number of piperidine rings is 1. The molecule has 5 rings (SSSR count). The van der Waals surface area contributed by atoms with E-state index in [1.807, 2.05) is 30.3 Å². The quantitative estimate of drug-likeness (QED) is 0.883. The number of benzene rings is 1. The van der Waals surface area contributed by atoms with Crippen LogP contribution in [-0.4, -0.2) is 67.3 Å². The van der Waals surface area contributed by atoms with E-state index in [9.17, 15) is 4.79 Å². The van der Waals surface area contributed by atoms with Gasteiger partial charge in [0.15, 0.2) is 0 Å². The summed E-state index contributed by atoms with van der Waals surface area (Å²) in [4.78, 5) is 22.6. The number of hydrogen-bond acceptors (Lipinski definition) is 5. The van der Waals surface area contributed by atoms with Crippen LogP contribution in [0.1, 0.15) is 36.0 Å². The van der Waals surface area contributed by atoms with Gasteiger partial charge in [-0.15, -0.1) is 0 Å². The fourth-order valence-electron chi connectivity index (χ4n) is 4.40. The summed E-state index contributed by atoms with van der Waals surface area (Å²) in [5.41, 5.74) is 1.65. The number of nitrogens with zero attached hydrogens (tertiary/aromatic N) is 3. The maximum Gasteiger partial charge on any atom is 0.252 e. The Hall–Kier alpha value is -2.18. The fraction of sp³-hybridized carbons (Fsp3) is 0.545. The predicted molar refractivity (Wildman–Crippen MR) is 110 cm³/mol. The highest BCUT2D eigenvalue weighted by atomic mass is 16.5. The number of para-hydroxylation sites is 1. The van der Waals surface area contributed by atoms with Crippen molar-refractivity contribution in [1.29, 1.82) is 0 Å². The van der Waals surface area contributed by atoms with Gasteiger partial charge in [-0.2, -0.15) is 0 Å². The number of amides is 1. The van der Waals surface area contributed by atoms with E-state index in [0.717, 1.165) is 87.4 Å². The second kappa shape index (κ2) is 7.68. The number of nitrogens with one attached hydrogen (secondary N) is 1. The Labute approximate surface area is 165 Å². The molecule has 0 bridgehead atoms. The van der Waals surface area contributed by atoms with E-state index in [1.54, 1.807) is 0 Å². The van der Waals surface area contributed by atoms with E-state index >= 15 is 0 Å². The second-order valence-corrected chi connectivity index (χ2v) is 8.16. The van der Waals surface area contributed by atoms with Crippen LogP contribution in [0.25, 0.3) is 10.9 Å². The van der Waals surface area contributed by atoms with E-state index in [4.69, 9.17) is 9.72 Å². The lowest BCUT2D eigenvalue weighted by molar-refractivity contribution is 0.0115. The summed E-state index contributed by atoms with van der Waals surface area (Å²) < 4.78 is 5.49. The predicted octanol–water partition coefficient (Wildman–Crippen LogP) is 2.43. The molecule has 3 aliphatic rings. The fourth-order valence-corrected chi connectivity index (χ4v) is 4.40. The van der Waals surface area contributed by atoms with Crippen molar-refractivity contribution in [3.8, 4) is 0 Å². The summed E-state index contributed by atoms with van der Waals surface area (Å²) in [5.74, 6) is 0.964. The van der Waals surface area contributed by atoms with Crippen LogP contribution in [0, 0.1) is 0 Å². The molecule has 1 saturated carbocycles. The van der Waals surface area contributed by atoms with Crippen LogP contribution in [0.2, 0.25) is 0 Å². The Morgan fingerprint density at radius 3 is 2.54 bits per heavy atom. The first-order valence-corrected chi connectivity index (χ1v) is 10.6. The lowest BCUT2D eigenvalue weighted by Gasteiger charge is -2.40. The molecule has 2 aromatic rings. The van der Waals surface area contributed by atoms with Crippen LogP contribution in [0.4, 0.5) is 5.82 Å². The van der Waals surface area contributed by atoms with Gasteiger partial charge >= 0.3 is 0 Å². The summed E-state index contributed by atoms with van der Waals surface area (Å²) in [6, 6.07) is 11.0. The molecule has 6 nitrogen and oxygen atoms in total. The minimum atomic E-state index is 0.0329. The SMILES string of the molecule is O=C(NC1CC1)c1cc(N2CCC(N3CCOCC3)CC2)nc2ccccc12. The molecule has 1 amide bonds. The van der Waals surface area contributed by atoms with Gasteiger partial charge in [-0.1, -0.05) is 18.2 Å². The van der Waals surface area contributed by atoms with Crippen molar-refractivity contribution in [2.75, 3.05) is 44.3 Å². The molecule has 1 aromatic heterocycles. The van der Waals surface area contributed by atoms with Gasteiger partial charge in [0.1, 0.15) is 5.82 Å². The molecule has 2 saturated heterocycles. The number of carbonyl (C=O) groups excluding carboxylic acids is 1. The zero-order valence-electron chi connectivity index (χ0n) is 16.3. The van der Waals surface area contributed by atoms with Gasteiger partial charge in [-0.05, 0) is 37.8 Å². The van der Waals surface area contributed by atoms with Crippen molar-refractivity contribution in [3.63, 3.8) is 0 Å². The Balaban J connectivity index is 1.36. The molecule has 0 unspecified atom stereocenters. The van der Waals surface area contributed by atoms with Crippen molar-refractivity contribution >= 4 is 22.6 Å². The molecule has 148 valence electrons. The van der Waals surface area contributed by atoms with Gasteiger partial charge in [0.2, 0.25) is 0 Å². The van der Waals surface area contributed by atoms with Gasteiger partial charge < -0.3 is 15.0 Å². The third-order valence-corrected chi connectivity index (χ3v) is 6.21. The Kier molecular flexibility index (Phi) is 4.91. The lowest BCUT2D eigenvalue weighted by Crippen LogP contribution is -2.49. The van der Waals surface area contributed by atoms with Crippen molar-refractivity contribution < 1.29 is 9.53 Å². The van der Waals surface area contributed by atoms with Gasteiger partial charge in [-0.3, -0.25) is 9.69 Å². The summed E-state index contributed by atoms with van der Waals surface area (Å²) in [6.45, 7) is 5.76. The Morgan fingerprint density at radius 2 is 1.79 bits per heavy atom. The summed E-state index contributed by atoms with van der Waals surface area (Å²) in [5, 5.41) is 4.08. The first-order chi connectivity index (χ1) is 13.8. The molecule has 3 heterocycles. The summed E-state index contributed by atoms with van der Waals surface area (Å²) >= 11 is 0. The highest BCUT2D eigenvalue weighted by Gasteiger charge is 2.28.